The fourth-order valence-corrected chi connectivity index (χ4v) is 2.63. The van der Waals surface area contributed by atoms with E-state index < -0.39 is 5.97 Å². The summed E-state index contributed by atoms with van der Waals surface area (Å²) in [5.74, 6) is -0.152. The van der Waals surface area contributed by atoms with Gasteiger partial charge >= 0.3 is 5.97 Å². The first-order valence-corrected chi connectivity index (χ1v) is 8.43. The van der Waals surface area contributed by atoms with Crippen LogP contribution in [0.5, 0.6) is 5.75 Å². The highest BCUT2D eigenvalue weighted by molar-refractivity contribution is 5.95. The number of nitrogens with one attached hydrogen (secondary N) is 1. The summed E-state index contributed by atoms with van der Waals surface area (Å²) in [6.07, 6.45) is 0. The zero-order valence-electron chi connectivity index (χ0n) is 14.8. The van der Waals surface area contributed by atoms with Crippen molar-refractivity contribution < 1.29 is 19.1 Å². The van der Waals surface area contributed by atoms with Crippen LogP contribution < -0.4 is 10.1 Å². The Balaban J connectivity index is 1.66. The Bertz CT molecular complexity index is 938. The first kappa shape index (κ1) is 18.2. The van der Waals surface area contributed by atoms with Crippen LogP contribution in [0, 0.1) is 0 Å². The van der Waals surface area contributed by atoms with Crippen LogP contribution in [0.4, 0.5) is 5.69 Å². The summed E-state index contributed by atoms with van der Waals surface area (Å²) in [6, 6.07) is 23.9. The number of hydrogen-bond donors (Lipinski definition) is 1. The maximum Gasteiger partial charge on any atom is 0.337 e. The molecule has 0 bridgehead atoms. The van der Waals surface area contributed by atoms with Crippen molar-refractivity contribution >= 4 is 17.6 Å². The van der Waals surface area contributed by atoms with Gasteiger partial charge in [0, 0.05) is 11.3 Å². The van der Waals surface area contributed by atoms with Gasteiger partial charge in [0.1, 0.15) is 5.75 Å². The number of carbonyl (C=O) groups is 2. The molecule has 5 nitrogen and oxygen atoms in total. The minimum Gasteiger partial charge on any atom is -0.483 e. The fourth-order valence-electron chi connectivity index (χ4n) is 2.63. The second-order valence-corrected chi connectivity index (χ2v) is 5.77. The molecule has 0 aliphatic carbocycles. The summed E-state index contributed by atoms with van der Waals surface area (Å²) >= 11 is 0. The van der Waals surface area contributed by atoms with E-state index in [0.717, 1.165) is 11.1 Å². The summed E-state index contributed by atoms with van der Waals surface area (Å²) in [4.78, 5) is 23.8. The molecule has 0 spiro atoms. The molecule has 0 atom stereocenters. The second kappa shape index (κ2) is 8.67. The number of esters is 1. The van der Waals surface area contributed by atoms with Gasteiger partial charge in [0.2, 0.25) is 0 Å². The maximum absolute atomic E-state index is 12.2. The van der Waals surface area contributed by atoms with Gasteiger partial charge in [-0.1, -0.05) is 54.6 Å². The SMILES string of the molecule is COC(=O)c1cccc(NC(=O)COc2ccccc2-c2ccccc2)c1. The molecule has 3 rings (SSSR count). The first-order valence-electron chi connectivity index (χ1n) is 8.43. The Morgan fingerprint density at radius 3 is 2.41 bits per heavy atom. The predicted molar refractivity (Wildman–Crippen MR) is 104 cm³/mol. The van der Waals surface area contributed by atoms with E-state index in [-0.39, 0.29) is 12.5 Å². The van der Waals surface area contributed by atoms with Gasteiger partial charge in [0.15, 0.2) is 6.61 Å². The van der Waals surface area contributed by atoms with Crippen molar-refractivity contribution in [2.24, 2.45) is 0 Å². The van der Waals surface area contributed by atoms with Crippen LogP contribution in [0.3, 0.4) is 0 Å². The topological polar surface area (TPSA) is 64.6 Å². The molecule has 3 aromatic rings. The van der Waals surface area contributed by atoms with Crippen molar-refractivity contribution in [3.8, 4) is 16.9 Å². The Morgan fingerprint density at radius 2 is 1.63 bits per heavy atom. The quantitative estimate of drug-likeness (QED) is 0.670. The molecule has 136 valence electrons. The number of benzene rings is 3. The molecule has 1 N–H and O–H groups in total. The molecule has 0 radical (unpaired) electrons. The number of ether oxygens (including phenoxy) is 2. The van der Waals surface area contributed by atoms with Crippen LogP contribution in [0.1, 0.15) is 10.4 Å². The Kier molecular flexibility index (Phi) is 5.84. The molecule has 0 aromatic heterocycles. The van der Waals surface area contributed by atoms with Gasteiger partial charge in [0.05, 0.1) is 12.7 Å². The number of methoxy groups -OCH3 is 1. The van der Waals surface area contributed by atoms with Gasteiger partial charge in [-0.25, -0.2) is 4.79 Å². The monoisotopic (exact) mass is 361 g/mol. The minimum absolute atomic E-state index is 0.147. The number of amides is 1. The van der Waals surface area contributed by atoms with Gasteiger partial charge in [-0.15, -0.1) is 0 Å². The molecular weight excluding hydrogens is 342 g/mol. The molecular formula is C22H19NO4. The summed E-state index contributed by atoms with van der Waals surface area (Å²) < 4.78 is 10.4. The Labute approximate surface area is 157 Å². The molecule has 0 fully saturated rings. The third-order valence-corrected chi connectivity index (χ3v) is 3.90. The number of anilines is 1. The van der Waals surface area contributed by atoms with E-state index in [1.807, 2.05) is 54.6 Å². The van der Waals surface area contributed by atoms with Crippen LogP contribution in [0.2, 0.25) is 0 Å². The highest BCUT2D eigenvalue weighted by Gasteiger charge is 2.10. The smallest absolute Gasteiger partial charge is 0.337 e. The molecule has 0 saturated carbocycles. The zero-order chi connectivity index (χ0) is 19.1. The van der Waals surface area contributed by atoms with Crippen molar-refractivity contribution in [1.29, 1.82) is 0 Å². The highest BCUT2D eigenvalue weighted by atomic mass is 16.5. The maximum atomic E-state index is 12.2. The standard InChI is InChI=1S/C22H19NO4/c1-26-22(25)17-10-7-11-18(14-17)23-21(24)15-27-20-13-6-5-12-19(20)16-8-3-2-4-9-16/h2-14H,15H2,1H3,(H,23,24). The van der Waals surface area contributed by atoms with Crippen molar-refractivity contribution in [3.63, 3.8) is 0 Å². The molecule has 0 saturated heterocycles. The van der Waals surface area contributed by atoms with Crippen LogP contribution in [0.15, 0.2) is 78.9 Å². The van der Waals surface area contributed by atoms with Crippen LogP contribution in [0.25, 0.3) is 11.1 Å². The van der Waals surface area contributed by atoms with Gasteiger partial charge in [-0.3, -0.25) is 4.79 Å². The highest BCUT2D eigenvalue weighted by Crippen LogP contribution is 2.29. The predicted octanol–water partition coefficient (Wildman–Crippen LogP) is 4.16. The second-order valence-electron chi connectivity index (χ2n) is 5.77. The van der Waals surface area contributed by atoms with E-state index in [0.29, 0.717) is 17.0 Å². The lowest BCUT2D eigenvalue weighted by molar-refractivity contribution is -0.118. The van der Waals surface area contributed by atoms with Crippen LogP contribution in [-0.4, -0.2) is 25.6 Å². The minimum atomic E-state index is -0.459. The van der Waals surface area contributed by atoms with E-state index in [9.17, 15) is 9.59 Å². The summed E-state index contributed by atoms with van der Waals surface area (Å²) in [5, 5.41) is 2.72. The molecule has 0 heterocycles. The third-order valence-electron chi connectivity index (χ3n) is 3.90. The largest absolute Gasteiger partial charge is 0.483 e. The van der Waals surface area contributed by atoms with Gasteiger partial charge < -0.3 is 14.8 Å². The van der Waals surface area contributed by atoms with Crippen molar-refractivity contribution in [3.05, 3.63) is 84.4 Å². The van der Waals surface area contributed by atoms with E-state index >= 15 is 0 Å². The van der Waals surface area contributed by atoms with Crippen LogP contribution in [-0.2, 0) is 9.53 Å². The molecule has 0 unspecified atom stereocenters. The average molecular weight is 361 g/mol. The first-order chi connectivity index (χ1) is 13.2. The summed E-state index contributed by atoms with van der Waals surface area (Å²) in [6.45, 7) is -0.147. The van der Waals surface area contributed by atoms with Crippen molar-refractivity contribution in [2.75, 3.05) is 19.0 Å². The average Bonchev–Trinajstić information content (AvgIpc) is 2.72. The van der Waals surface area contributed by atoms with Crippen molar-refractivity contribution in [1.82, 2.24) is 0 Å². The lowest BCUT2D eigenvalue weighted by atomic mass is 10.1. The Morgan fingerprint density at radius 1 is 0.889 bits per heavy atom. The van der Waals surface area contributed by atoms with Crippen LogP contribution >= 0.6 is 0 Å². The summed E-state index contributed by atoms with van der Waals surface area (Å²) in [7, 11) is 1.31. The molecule has 5 heteroatoms. The molecule has 27 heavy (non-hydrogen) atoms. The molecule has 1 amide bonds. The van der Waals surface area contributed by atoms with Gasteiger partial charge in [-0.05, 0) is 29.8 Å². The number of rotatable bonds is 6. The molecule has 3 aromatic carbocycles. The number of carbonyl (C=O) groups excluding carboxylic acids is 2. The normalized spacial score (nSPS) is 10.1. The lowest BCUT2D eigenvalue weighted by Gasteiger charge is -2.12. The van der Waals surface area contributed by atoms with E-state index in [2.05, 4.69) is 10.1 Å². The lowest BCUT2D eigenvalue weighted by Crippen LogP contribution is -2.20. The van der Waals surface area contributed by atoms with E-state index in [1.54, 1.807) is 24.3 Å². The fraction of sp³-hybridized carbons (Fsp3) is 0.0909. The number of hydrogen-bond acceptors (Lipinski definition) is 4. The summed E-state index contributed by atoms with van der Waals surface area (Å²) in [5.41, 5.74) is 2.80. The Hall–Kier alpha value is -3.60. The third kappa shape index (κ3) is 4.73. The van der Waals surface area contributed by atoms with Gasteiger partial charge in [0.25, 0.3) is 5.91 Å². The molecule has 0 aliphatic heterocycles. The number of para-hydroxylation sites is 1. The molecule has 0 aliphatic rings. The van der Waals surface area contributed by atoms with E-state index in [1.165, 1.54) is 7.11 Å². The van der Waals surface area contributed by atoms with E-state index in [4.69, 9.17) is 4.74 Å². The van der Waals surface area contributed by atoms with Crippen molar-refractivity contribution in [2.45, 2.75) is 0 Å². The van der Waals surface area contributed by atoms with Gasteiger partial charge in [-0.2, -0.15) is 0 Å². The zero-order valence-corrected chi connectivity index (χ0v) is 14.8.